The summed E-state index contributed by atoms with van der Waals surface area (Å²) in [6, 6.07) is 27.8. The zero-order chi connectivity index (χ0) is 25.5. The second-order valence-electron chi connectivity index (χ2n) is 8.82. The van der Waals surface area contributed by atoms with E-state index in [0.717, 1.165) is 27.9 Å². The average Bonchev–Trinajstić information content (AvgIpc) is 2.91. The first-order chi connectivity index (χ1) is 17.4. The highest BCUT2D eigenvalue weighted by atomic mass is 16.2. The fourth-order valence-corrected chi connectivity index (χ4v) is 3.85. The number of carbonyl (C=O) groups is 2. The minimum atomic E-state index is -0.117. The first kappa shape index (κ1) is 24.6. The van der Waals surface area contributed by atoms with Gasteiger partial charge in [-0.25, -0.2) is 0 Å². The summed E-state index contributed by atoms with van der Waals surface area (Å²) in [5.41, 5.74) is 6.42. The van der Waals surface area contributed by atoms with Gasteiger partial charge < -0.3 is 9.80 Å². The van der Waals surface area contributed by atoms with Gasteiger partial charge in [0.25, 0.3) is 5.91 Å². The molecule has 4 aromatic rings. The predicted octanol–water partition coefficient (Wildman–Crippen LogP) is 6.26. The highest BCUT2D eigenvalue weighted by molar-refractivity contribution is 6.06. The molecule has 3 aromatic carbocycles. The molecule has 0 saturated heterocycles. The molecule has 0 saturated carbocycles. The number of hydrogen-bond donors (Lipinski definition) is 0. The van der Waals surface area contributed by atoms with Gasteiger partial charge in [0.05, 0.1) is 18.4 Å². The Morgan fingerprint density at radius 2 is 1.44 bits per heavy atom. The number of carbonyl (C=O) groups excluding carboxylic acids is 2. The topological polar surface area (TPSA) is 53.5 Å². The summed E-state index contributed by atoms with van der Waals surface area (Å²) >= 11 is 0. The lowest BCUT2D eigenvalue weighted by Gasteiger charge is -2.23. The molecule has 1 heterocycles. The lowest BCUT2D eigenvalue weighted by Crippen LogP contribution is -2.30. The van der Waals surface area contributed by atoms with Crippen molar-refractivity contribution in [3.05, 3.63) is 120 Å². The molecule has 0 N–H and O–H groups in total. The number of ketones is 1. The predicted molar refractivity (Wildman–Crippen MR) is 147 cm³/mol. The van der Waals surface area contributed by atoms with E-state index < -0.39 is 0 Å². The van der Waals surface area contributed by atoms with Crippen LogP contribution < -0.4 is 9.80 Å². The fraction of sp³-hybridized carbons (Fsp3) is 0.129. The molecule has 0 atom stereocenters. The van der Waals surface area contributed by atoms with Crippen LogP contribution in [0.2, 0.25) is 0 Å². The van der Waals surface area contributed by atoms with E-state index in [2.05, 4.69) is 46.3 Å². The standard InChI is InChI=1S/C31H29N3O2/c1-23(35)9-10-25-19-30(21-32-20-25)34(31(36)28-7-5-4-6-8-28)22-24-11-13-26(14-12-24)27-15-17-29(18-16-27)33(2)3/h4-21H,22H2,1-3H3/b10-9+. The quantitative estimate of drug-likeness (QED) is 0.282. The van der Waals surface area contributed by atoms with Crippen molar-refractivity contribution in [1.82, 2.24) is 4.98 Å². The first-order valence-electron chi connectivity index (χ1n) is 11.8. The summed E-state index contributed by atoms with van der Waals surface area (Å²) in [5, 5.41) is 0. The molecule has 0 spiro atoms. The Hall–Kier alpha value is -4.51. The van der Waals surface area contributed by atoms with Crippen molar-refractivity contribution in [3.8, 4) is 11.1 Å². The number of rotatable bonds is 8. The molecule has 1 aromatic heterocycles. The van der Waals surface area contributed by atoms with E-state index in [9.17, 15) is 9.59 Å². The summed E-state index contributed by atoms with van der Waals surface area (Å²) in [7, 11) is 4.05. The Labute approximate surface area is 212 Å². The van der Waals surface area contributed by atoms with Gasteiger partial charge in [0.2, 0.25) is 0 Å². The summed E-state index contributed by atoms with van der Waals surface area (Å²) in [6.45, 7) is 1.88. The molecular formula is C31H29N3O2. The largest absolute Gasteiger partial charge is 0.378 e. The lowest BCUT2D eigenvalue weighted by molar-refractivity contribution is -0.112. The molecule has 0 unspecified atom stereocenters. The van der Waals surface area contributed by atoms with Crippen molar-refractivity contribution in [2.45, 2.75) is 13.5 Å². The third-order valence-corrected chi connectivity index (χ3v) is 5.84. The fourth-order valence-electron chi connectivity index (χ4n) is 3.85. The van der Waals surface area contributed by atoms with E-state index in [1.54, 1.807) is 23.4 Å². The molecule has 180 valence electrons. The molecule has 0 bridgehead atoms. The van der Waals surface area contributed by atoms with Gasteiger partial charge in [-0.1, -0.05) is 54.6 Å². The number of amides is 1. The Bertz CT molecular complexity index is 1360. The number of anilines is 2. The molecule has 5 nitrogen and oxygen atoms in total. The van der Waals surface area contributed by atoms with Crippen molar-refractivity contribution in [2.24, 2.45) is 0 Å². The highest BCUT2D eigenvalue weighted by Crippen LogP contribution is 2.25. The van der Waals surface area contributed by atoms with E-state index in [0.29, 0.717) is 17.8 Å². The summed E-state index contributed by atoms with van der Waals surface area (Å²) in [6.07, 6.45) is 6.55. The minimum Gasteiger partial charge on any atom is -0.378 e. The van der Waals surface area contributed by atoms with Crippen molar-refractivity contribution in [3.63, 3.8) is 0 Å². The third kappa shape index (κ3) is 6.13. The highest BCUT2D eigenvalue weighted by Gasteiger charge is 2.19. The molecular weight excluding hydrogens is 446 g/mol. The zero-order valence-electron chi connectivity index (χ0n) is 20.8. The van der Waals surface area contributed by atoms with E-state index in [-0.39, 0.29) is 11.7 Å². The van der Waals surface area contributed by atoms with Gasteiger partial charge in [0.15, 0.2) is 5.78 Å². The van der Waals surface area contributed by atoms with E-state index >= 15 is 0 Å². The lowest BCUT2D eigenvalue weighted by atomic mass is 10.0. The number of hydrogen-bond acceptors (Lipinski definition) is 4. The number of pyridine rings is 1. The van der Waals surface area contributed by atoms with Crippen LogP contribution in [0.3, 0.4) is 0 Å². The van der Waals surface area contributed by atoms with Crippen LogP contribution in [0.25, 0.3) is 17.2 Å². The SMILES string of the molecule is CC(=O)/C=C/c1cncc(N(Cc2ccc(-c3ccc(N(C)C)cc3)cc2)C(=O)c2ccccc2)c1. The maximum absolute atomic E-state index is 13.5. The first-order valence-corrected chi connectivity index (χ1v) is 11.8. The van der Waals surface area contributed by atoms with Crippen LogP contribution in [0.15, 0.2) is 103 Å². The molecule has 0 aliphatic heterocycles. The molecule has 0 aliphatic carbocycles. The molecule has 0 fully saturated rings. The zero-order valence-corrected chi connectivity index (χ0v) is 20.8. The van der Waals surface area contributed by atoms with Crippen molar-refractivity contribution in [2.75, 3.05) is 23.9 Å². The molecule has 36 heavy (non-hydrogen) atoms. The monoisotopic (exact) mass is 475 g/mol. The molecule has 5 heteroatoms. The smallest absolute Gasteiger partial charge is 0.258 e. The number of aromatic nitrogens is 1. The van der Waals surface area contributed by atoms with Crippen LogP contribution in [0.5, 0.6) is 0 Å². The second-order valence-corrected chi connectivity index (χ2v) is 8.82. The van der Waals surface area contributed by atoms with Crippen LogP contribution in [-0.2, 0) is 11.3 Å². The summed E-state index contributed by atoms with van der Waals surface area (Å²) < 4.78 is 0. The second kappa shape index (κ2) is 11.3. The maximum Gasteiger partial charge on any atom is 0.258 e. The van der Waals surface area contributed by atoms with Crippen LogP contribution in [-0.4, -0.2) is 30.8 Å². The normalized spacial score (nSPS) is 10.9. The van der Waals surface area contributed by atoms with Crippen LogP contribution in [0.4, 0.5) is 11.4 Å². The Morgan fingerprint density at radius 1 is 0.806 bits per heavy atom. The van der Waals surface area contributed by atoms with Crippen molar-refractivity contribution in [1.29, 1.82) is 0 Å². The maximum atomic E-state index is 13.5. The summed E-state index contributed by atoms with van der Waals surface area (Å²) in [4.78, 5) is 33.0. The Morgan fingerprint density at radius 3 is 2.06 bits per heavy atom. The Balaban J connectivity index is 1.62. The number of nitrogens with zero attached hydrogens (tertiary/aromatic N) is 3. The van der Waals surface area contributed by atoms with E-state index in [4.69, 9.17) is 0 Å². The van der Waals surface area contributed by atoms with Gasteiger partial charge in [-0.3, -0.25) is 14.6 Å². The van der Waals surface area contributed by atoms with Gasteiger partial charge in [-0.2, -0.15) is 0 Å². The summed E-state index contributed by atoms with van der Waals surface area (Å²) in [5.74, 6) is -0.164. The molecule has 0 radical (unpaired) electrons. The molecule has 1 amide bonds. The molecule has 4 rings (SSSR count). The van der Waals surface area contributed by atoms with Gasteiger partial charge >= 0.3 is 0 Å². The van der Waals surface area contributed by atoms with Crippen molar-refractivity contribution >= 4 is 29.1 Å². The molecule has 0 aliphatic rings. The van der Waals surface area contributed by atoms with Crippen LogP contribution in [0.1, 0.15) is 28.4 Å². The van der Waals surface area contributed by atoms with Crippen LogP contribution in [0, 0.1) is 0 Å². The Kier molecular flexibility index (Phi) is 7.71. The van der Waals surface area contributed by atoms with Crippen molar-refractivity contribution < 1.29 is 9.59 Å². The van der Waals surface area contributed by atoms with Crippen LogP contribution >= 0.6 is 0 Å². The van der Waals surface area contributed by atoms with E-state index in [1.165, 1.54) is 13.0 Å². The third-order valence-electron chi connectivity index (χ3n) is 5.84. The average molecular weight is 476 g/mol. The van der Waals surface area contributed by atoms with E-state index in [1.807, 2.05) is 62.6 Å². The van der Waals surface area contributed by atoms with Gasteiger partial charge in [0.1, 0.15) is 0 Å². The van der Waals surface area contributed by atoms with Gasteiger partial charge in [-0.15, -0.1) is 0 Å². The minimum absolute atomic E-state index is 0.0472. The van der Waals surface area contributed by atoms with Gasteiger partial charge in [0, 0.05) is 31.5 Å². The number of allylic oxidation sites excluding steroid dienone is 1. The number of benzene rings is 3. The van der Waals surface area contributed by atoms with Gasteiger partial charge in [-0.05, 0) is 71.7 Å².